The van der Waals surface area contributed by atoms with Crippen LogP contribution in [0.3, 0.4) is 0 Å². The van der Waals surface area contributed by atoms with Crippen molar-refractivity contribution in [3.05, 3.63) is 78.4 Å². The first-order valence-electron chi connectivity index (χ1n) is 7.25. The molecule has 2 aromatic carbocycles. The first-order valence-corrected chi connectivity index (χ1v) is 7.25. The van der Waals surface area contributed by atoms with E-state index in [-0.39, 0.29) is 5.91 Å². The van der Waals surface area contributed by atoms with E-state index in [9.17, 15) is 9.59 Å². The van der Waals surface area contributed by atoms with Crippen LogP contribution in [0.15, 0.2) is 67.3 Å². The average Bonchev–Trinajstić information content (AvgIpc) is 3.16. The maximum absolute atomic E-state index is 12.3. The number of carbonyl (C=O) groups excluding carboxylic acids is 2. The molecule has 0 unspecified atom stereocenters. The summed E-state index contributed by atoms with van der Waals surface area (Å²) in [5.41, 5.74) is 2.34. The molecule has 0 saturated heterocycles. The van der Waals surface area contributed by atoms with Crippen molar-refractivity contribution in [1.82, 2.24) is 9.55 Å². The van der Waals surface area contributed by atoms with Crippen LogP contribution in [0.1, 0.15) is 20.7 Å². The van der Waals surface area contributed by atoms with Crippen LogP contribution in [0.25, 0.3) is 5.69 Å². The fourth-order valence-electron chi connectivity index (χ4n) is 2.24. The van der Waals surface area contributed by atoms with Gasteiger partial charge in [0.25, 0.3) is 5.91 Å². The molecule has 0 spiro atoms. The molecule has 6 heteroatoms. The van der Waals surface area contributed by atoms with Crippen molar-refractivity contribution in [3.8, 4) is 5.69 Å². The molecule has 0 bridgehead atoms. The first kappa shape index (κ1) is 15.5. The molecule has 6 nitrogen and oxygen atoms in total. The van der Waals surface area contributed by atoms with Gasteiger partial charge in [0.1, 0.15) is 0 Å². The van der Waals surface area contributed by atoms with Gasteiger partial charge in [-0.25, -0.2) is 9.78 Å². The van der Waals surface area contributed by atoms with Crippen molar-refractivity contribution in [1.29, 1.82) is 0 Å². The van der Waals surface area contributed by atoms with Crippen LogP contribution in [-0.2, 0) is 4.74 Å². The Morgan fingerprint density at radius 1 is 1.08 bits per heavy atom. The molecule has 0 aliphatic heterocycles. The fraction of sp³-hybridized carbons (Fsp3) is 0.0556. The van der Waals surface area contributed by atoms with Crippen LogP contribution in [-0.4, -0.2) is 28.5 Å². The number of hydrogen-bond donors (Lipinski definition) is 1. The number of ether oxygens (including phenoxy) is 1. The molecule has 0 aliphatic carbocycles. The number of anilines is 1. The van der Waals surface area contributed by atoms with Crippen LogP contribution >= 0.6 is 0 Å². The predicted octanol–water partition coefficient (Wildman–Crippen LogP) is 2.91. The third-order valence-corrected chi connectivity index (χ3v) is 3.47. The lowest BCUT2D eigenvalue weighted by molar-refractivity contribution is 0.0600. The Kier molecular flexibility index (Phi) is 4.38. The van der Waals surface area contributed by atoms with E-state index in [4.69, 9.17) is 0 Å². The van der Waals surface area contributed by atoms with E-state index in [0.717, 1.165) is 5.69 Å². The second-order valence-electron chi connectivity index (χ2n) is 5.04. The van der Waals surface area contributed by atoms with E-state index in [2.05, 4.69) is 15.0 Å². The molecule has 120 valence electrons. The van der Waals surface area contributed by atoms with Gasteiger partial charge >= 0.3 is 5.97 Å². The number of benzene rings is 2. The summed E-state index contributed by atoms with van der Waals surface area (Å²) >= 11 is 0. The molecular weight excluding hydrogens is 306 g/mol. The Morgan fingerprint density at radius 2 is 1.88 bits per heavy atom. The van der Waals surface area contributed by atoms with Crippen LogP contribution in [0.2, 0.25) is 0 Å². The minimum Gasteiger partial charge on any atom is -0.465 e. The third kappa shape index (κ3) is 3.33. The molecule has 0 radical (unpaired) electrons. The highest BCUT2D eigenvalue weighted by Gasteiger charge is 2.09. The summed E-state index contributed by atoms with van der Waals surface area (Å²) in [6.07, 6.45) is 5.20. The lowest BCUT2D eigenvalue weighted by atomic mass is 10.1. The van der Waals surface area contributed by atoms with E-state index < -0.39 is 5.97 Å². The predicted molar refractivity (Wildman–Crippen MR) is 89.3 cm³/mol. The monoisotopic (exact) mass is 321 g/mol. The van der Waals surface area contributed by atoms with Gasteiger partial charge in [-0.05, 0) is 42.5 Å². The molecule has 0 aliphatic rings. The van der Waals surface area contributed by atoms with Gasteiger partial charge < -0.3 is 14.6 Å². The summed E-state index contributed by atoms with van der Waals surface area (Å²) < 4.78 is 6.52. The molecule has 1 aromatic heterocycles. The number of aromatic nitrogens is 2. The highest BCUT2D eigenvalue weighted by molar-refractivity contribution is 6.05. The Hall–Kier alpha value is -3.41. The minimum atomic E-state index is -0.448. The maximum atomic E-state index is 12.3. The molecule has 1 amide bonds. The number of rotatable bonds is 4. The number of hydrogen-bond acceptors (Lipinski definition) is 4. The zero-order valence-corrected chi connectivity index (χ0v) is 13.0. The number of imidazole rings is 1. The Bertz CT molecular complexity index is 855. The summed E-state index contributed by atoms with van der Waals surface area (Å²) in [5.74, 6) is -0.704. The van der Waals surface area contributed by atoms with E-state index in [1.807, 2.05) is 22.9 Å². The van der Waals surface area contributed by atoms with Gasteiger partial charge in [-0.3, -0.25) is 4.79 Å². The van der Waals surface area contributed by atoms with E-state index in [1.54, 1.807) is 48.9 Å². The highest BCUT2D eigenvalue weighted by atomic mass is 16.5. The smallest absolute Gasteiger partial charge is 0.337 e. The Balaban J connectivity index is 1.74. The van der Waals surface area contributed by atoms with Gasteiger partial charge in [-0.2, -0.15) is 0 Å². The van der Waals surface area contributed by atoms with Gasteiger partial charge in [-0.15, -0.1) is 0 Å². The standard InChI is InChI=1S/C18H15N3O3/c1-24-18(23)14-3-2-4-15(11-14)20-17(22)13-5-7-16(8-6-13)21-10-9-19-12-21/h2-12H,1H3,(H,20,22). The van der Waals surface area contributed by atoms with Crippen LogP contribution in [0.5, 0.6) is 0 Å². The van der Waals surface area contributed by atoms with Crippen molar-refractivity contribution in [2.45, 2.75) is 0 Å². The number of esters is 1. The van der Waals surface area contributed by atoms with Crippen molar-refractivity contribution in [2.75, 3.05) is 12.4 Å². The Labute approximate surface area is 138 Å². The van der Waals surface area contributed by atoms with Crippen molar-refractivity contribution in [2.24, 2.45) is 0 Å². The minimum absolute atomic E-state index is 0.255. The van der Waals surface area contributed by atoms with Crippen LogP contribution in [0, 0.1) is 0 Å². The number of methoxy groups -OCH3 is 1. The van der Waals surface area contributed by atoms with Gasteiger partial charge in [0.2, 0.25) is 0 Å². The topological polar surface area (TPSA) is 73.2 Å². The van der Waals surface area contributed by atoms with Crippen LogP contribution in [0.4, 0.5) is 5.69 Å². The lowest BCUT2D eigenvalue weighted by Crippen LogP contribution is -2.12. The second kappa shape index (κ2) is 6.78. The van der Waals surface area contributed by atoms with E-state index >= 15 is 0 Å². The molecule has 24 heavy (non-hydrogen) atoms. The number of carbonyl (C=O) groups is 2. The summed E-state index contributed by atoms with van der Waals surface area (Å²) in [4.78, 5) is 27.8. The van der Waals surface area contributed by atoms with Crippen molar-refractivity contribution < 1.29 is 14.3 Å². The molecular formula is C18H15N3O3. The SMILES string of the molecule is COC(=O)c1cccc(NC(=O)c2ccc(-n3ccnc3)cc2)c1. The zero-order valence-electron chi connectivity index (χ0n) is 13.0. The van der Waals surface area contributed by atoms with E-state index in [1.165, 1.54) is 7.11 Å². The molecule has 1 N–H and O–H groups in total. The summed E-state index contributed by atoms with van der Waals surface area (Å²) in [6.45, 7) is 0. The molecule has 3 aromatic rings. The van der Waals surface area contributed by atoms with Crippen molar-refractivity contribution >= 4 is 17.6 Å². The number of nitrogens with one attached hydrogen (secondary N) is 1. The third-order valence-electron chi connectivity index (χ3n) is 3.47. The average molecular weight is 321 g/mol. The fourth-order valence-corrected chi connectivity index (χ4v) is 2.24. The molecule has 0 fully saturated rings. The zero-order chi connectivity index (χ0) is 16.9. The first-order chi connectivity index (χ1) is 11.7. The van der Waals surface area contributed by atoms with Gasteiger partial charge in [0, 0.05) is 29.3 Å². The summed E-state index contributed by atoms with van der Waals surface area (Å²) in [5, 5.41) is 2.77. The molecule has 1 heterocycles. The largest absolute Gasteiger partial charge is 0.465 e. The van der Waals surface area contributed by atoms with Gasteiger partial charge in [-0.1, -0.05) is 6.07 Å². The number of amides is 1. The number of nitrogens with zero attached hydrogens (tertiary/aromatic N) is 2. The van der Waals surface area contributed by atoms with Gasteiger partial charge in [0.15, 0.2) is 0 Å². The normalized spacial score (nSPS) is 10.2. The highest BCUT2D eigenvalue weighted by Crippen LogP contribution is 2.14. The quantitative estimate of drug-likeness (QED) is 0.750. The summed E-state index contributed by atoms with van der Waals surface area (Å²) in [7, 11) is 1.31. The van der Waals surface area contributed by atoms with Gasteiger partial charge in [0.05, 0.1) is 19.0 Å². The maximum Gasteiger partial charge on any atom is 0.337 e. The molecule has 0 saturated carbocycles. The lowest BCUT2D eigenvalue weighted by Gasteiger charge is -2.08. The second-order valence-corrected chi connectivity index (χ2v) is 5.04. The summed E-state index contributed by atoms with van der Waals surface area (Å²) in [6, 6.07) is 13.7. The Morgan fingerprint density at radius 3 is 2.54 bits per heavy atom. The molecule has 0 atom stereocenters. The molecule has 3 rings (SSSR count). The van der Waals surface area contributed by atoms with Crippen molar-refractivity contribution in [3.63, 3.8) is 0 Å². The van der Waals surface area contributed by atoms with E-state index in [0.29, 0.717) is 16.8 Å². The van der Waals surface area contributed by atoms with Crippen LogP contribution < -0.4 is 5.32 Å².